The van der Waals surface area contributed by atoms with E-state index in [0.717, 1.165) is 19.6 Å². The Labute approximate surface area is 92.3 Å². The van der Waals surface area contributed by atoms with Gasteiger partial charge in [0, 0.05) is 13.1 Å². The second kappa shape index (κ2) is 6.80. The molecule has 4 nitrogen and oxygen atoms in total. The minimum atomic E-state index is -0.176. The molecule has 1 aliphatic rings. The average Bonchev–Trinajstić information content (AvgIpc) is 2.25. The Bertz CT molecular complexity index is 196. The van der Waals surface area contributed by atoms with Gasteiger partial charge in [0.2, 0.25) is 0 Å². The molecule has 0 aliphatic carbocycles. The molecule has 4 heteroatoms. The molecule has 1 heterocycles. The lowest BCUT2D eigenvalue weighted by atomic mass is 10.2. The third kappa shape index (κ3) is 4.62. The minimum Gasteiger partial charge on any atom is -0.385 e. The molecule has 0 aromatic heterocycles. The van der Waals surface area contributed by atoms with Gasteiger partial charge in [0.15, 0.2) is 0 Å². The normalized spacial score (nSPS) is 22.9. The first-order valence-corrected chi connectivity index (χ1v) is 5.92. The van der Waals surface area contributed by atoms with Crippen molar-refractivity contribution in [3.63, 3.8) is 0 Å². The van der Waals surface area contributed by atoms with E-state index in [0.29, 0.717) is 6.61 Å². The summed E-state index contributed by atoms with van der Waals surface area (Å²) in [7, 11) is 0. The number of nitrogens with zero attached hydrogens (tertiary/aromatic N) is 1. The molecule has 0 amide bonds. The Balaban J connectivity index is 2.15. The molecule has 1 atom stereocenters. The topological polar surface area (TPSA) is 62.3 Å². The maximum Gasteiger partial charge on any atom is 0.127 e. The molecule has 0 bridgehead atoms. The maximum atomic E-state index is 7.35. The van der Waals surface area contributed by atoms with E-state index in [2.05, 4.69) is 11.8 Å². The standard InChI is InChI=1S/C11H23N3O/c1-2-3-4-5-6-14-7-8-15-10(9-14)11(12)13/h10H,2-9H2,1H3,(H3,12,13). The highest BCUT2D eigenvalue weighted by Gasteiger charge is 2.21. The predicted octanol–water partition coefficient (Wildman–Crippen LogP) is 1.20. The van der Waals surface area contributed by atoms with Crippen molar-refractivity contribution in [3.8, 4) is 0 Å². The SMILES string of the molecule is CCCCCCN1CCOC(C(=N)N)C1. The summed E-state index contributed by atoms with van der Waals surface area (Å²) in [6, 6.07) is 0. The van der Waals surface area contributed by atoms with Crippen molar-refractivity contribution in [2.75, 3.05) is 26.2 Å². The molecule has 0 spiro atoms. The van der Waals surface area contributed by atoms with Crippen molar-refractivity contribution in [3.05, 3.63) is 0 Å². The number of rotatable bonds is 6. The number of hydrogen-bond acceptors (Lipinski definition) is 3. The van der Waals surface area contributed by atoms with E-state index in [1.54, 1.807) is 0 Å². The van der Waals surface area contributed by atoms with E-state index >= 15 is 0 Å². The first-order chi connectivity index (χ1) is 7.24. The van der Waals surface area contributed by atoms with E-state index < -0.39 is 0 Å². The van der Waals surface area contributed by atoms with Crippen LogP contribution in [0.1, 0.15) is 32.6 Å². The van der Waals surface area contributed by atoms with Gasteiger partial charge in [-0.1, -0.05) is 26.2 Å². The number of unbranched alkanes of at least 4 members (excludes halogenated alkanes) is 3. The van der Waals surface area contributed by atoms with Gasteiger partial charge in [-0.15, -0.1) is 0 Å². The lowest BCUT2D eigenvalue weighted by molar-refractivity contribution is 0.00512. The molecule has 1 saturated heterocycles. The molecule has 1 fully saturated rings. The highest BCUT2D eigenvalue weighted by Crippen LogP contribution is 2.07. The van der Waals surface area contributed by atoms with Crippen LogP contribution in [0.3, 0.4) is 0 Å². The highest BCUT2D eigenvalue weighted by atomic mass is 16.5. The van der Waals surface area contributed by atoms with Crippen LogP contribution in [0.15, 0.2) is 0 Å². The summed E-state index contributed by atoms with van der Waals surface area (Å²) in [5.41, 5.74) is 5.44. The van der Waals surface area contributed by atoms with Crippen molar-refractivity contribution in [2.24, 2.45) is 5.73 Å². The molecule has 88 valence electrons. The van der Waals surface area contributed by atoms with Crippen LogP contribution in [-0.4, -0.2) is 43.1 Å². The van der Waals surface area contributed by atoms with Crippen molar-refractivity contribution in [1.82, 2.24) is 4.90 Å². The van der Waals surface area contributed by atoms with Gasteiger partial charge in [-0.05, 0) is 13.0 Å². The molecule has 1 rings (SSSR count). The smallest absolute Gasteiger partial charge is 0.127 e. The highest BCUT2D eigenvalue weighted by molar-refractivity contribution is 5.82. The van der Waals surface area contributed by atoms with Gasteiger partial charge in [-0.3, -0.25) is 10.3 Å². The Morgan fingerprint density at radius 1 is 1.47 bits per heavy atom. The van der Waals surface area contributed by atoms with Crippen molar-refractivity contribution in [1.29, 1.82) is 5.41 Å². The maximum absolute atomic E-state index is 7.35. The number of nitrogens with one attached hydrogen (secondary N) is 1. The summed E-state index contributed by atoms with van der Waals surface area (Å²) in [5, 5.41) is 7.35. The van der Waals surface area contributed by atoms with Gasteiger partial charge >= 0.3 is 0 Å². The monoisotopic (exact) mass is 213 g/mol. The summed E-state index contributed by atoms with van der Waals surface area (Å²) in [6.07, 6.45) is 4.97. The molecule has 0 radical (unpaired) electrons. The lowest BCUT2D eigenvalue weighted by Gasteiger charge is -2.32. The average molecular weight is 213 g/mol. The third-order valence-corrected chi connectivity index (χ3v) is 2.83. The summed E-state index contributed by atoms with van der Waals surface area (Å²) in [4.78, 5) is 2.35. The Morgan fingerprint density at radius 3 is 2.93 bits per heavy atom. The molecule has 15 heavy (non-hydrogen) atoms. The fourth-order valence-corrected chi connectivity index (χ4v) is 1.86. The second-order valence-corrected chi connectivity index (χ2v) is 4.18. The van der Waals surface area contributed by atoms with Crippen LogP contribution in [0.5, 0.6) is 0 Å². The third-order valence-electron chi connectivity index (χ3n) is 2.83. The molecule has 0 aromatic rings. The van der Waals surface area contributed by atoms with Gasteiger partial charge in [-0.25, -0.2) is 0 Å². The van der Waals surface area contributed by atoms with Gasteiger partial charge < -0.3 is 10.5 Å². The number of amidine groups is 1. The van der Waals surface area contributed by atoms with Gasteiger partial charge in [0.05, 0.1) is 6.61 Å². The fourth-order valence-electron chi connectivity index (χ4n) is 1.86. The molecular formula is C11H23N3O. The zero-order chi connectivity index (χ0) is 11.1. The van der Waals surface area contributed by atoms with Crippen LogP contribution in [0, 0.1) is 5.41 Å². The number of hydrogen-bond donors (Lipinski definition) is 2. The van der Waals surface area contributed by atoms with E-state index in [-0.39, 0.29) is 11.9 Å². The van der Waals surface area contributed by atoms with Crippen molar-refractivity contribution in [2.45, 2.75) is 38.7 Å². The Kier molecular flexibility index (Phi) is 5.65. The van der Waals surface area contributed by atoms with Crippen LogP contribution < -0.4 is 5.73 Å². The fraction of sp³-hybridized carbons (Fsp3) is 0.909. The zero-order valence-corrected chi connectivity index (χ0v) is 9.67. The van der Waals surface area contributed by atoms with Crippen LogP contribution in [0.4, 0.5) is 0 Å². The number of ether oxygens (including phenoxy) is 1. The van der Waals surface area contributed by atoms with Crippen LogP contribution in [-0.2, 0) is 4.74 Å². The summed E-state index contributed by atoms with van der Waals surface area (Å²) < 4.78 is 5.41. The van der Waals surface area contributed by atoms with E-state index in [4.69, 9.17) is 15.9 Å². The number of nitrogens with two attached hydrogens (primary N) is 1. The quantitative estimate of drug-likeness (QED) is 0.396. The van der Waals surface area contributed by atoms with Crippen LogP contribution in [0.2, 0.25) is 0 Å². The molecule has 0 saturated carbocycles. The zero-order valence-electron chi connectivity index (χ0n) is 9.67. The van der Waals surface area contributed by atoms with Gasteiger partial charge in [0.25, 0.3) is 0 Å². The minimum absolute atomic E-state index is 0.160. The largest absolute Gasteiger partial charge is 0.385 e. The molecule has 1 unspecified atom stereocenters. The summed E-state index contributed by atoms with van der Waals surface area (Å²) >= 11 is 0. The van der Waals surface area contributed by atoms with Gasteiger partial charge in [-0.2, -0.15) is 0 Å². The van der Waals surface area contributed by atoms with Crippen molar-refractivity contribution < 1.29 is 4.74 Å². The first kappa shape index (κ1) is 12.5. The van der Waals surface area contributed by atoms with Crippen LogP contribution in [0.25, 0.3) is 0 Å². The molecular weight excluding hydrogens is 190 g/mol. The molecule has 0 aromatic carbocycles. The first-order valence-electron chi connectivity index (χ1n) is 5.92. The predicted molar refractivity (Wildman–Crippen MR) is 62.2 cm³/mol. The van der Waals surface area contributed by atoms with Crippen molar-refractivity contribution >= 4 is 5.84 Å². The molecule has 1 aliphatic heterocycles. The number of morpholine rings is 1. The Morgan fingerprint density at radius 2 is 2.27 bits per heavy atom. The molecule has 3 N–H and O–H groups in total. The van der Waals surface area contributed by atoms with E-state index in [1.165, 1.54) is 25.7 Å². The Hall–Kier alpha value is -0.610. The van der Waals surface area contributed by atoms with Crippen LogP contribution >= 0.6 is 0 Å². The van der Waals surface area contributed by atoms with Gasteiger partial charge in [0.1, 0.15) is 11.9 Å². The van der Waals surface area contributed by atoms with E-state index in [1.807, 2.05) is 0 Å². The lowest BCUT2D eigenvalue weighted by Crippen LogP contribution is -2.48. The second-order valence-electron chi connectivity index (χ2n) is 4.18. The summed E-state index contributed by atoms with van der Waals surface area (Å²) in [6.45, 7) is 5.82. The van der Waals surface area contributed by atoms with E-state index in [9.17, 15) is 0 Å². The summed E-state index contributed by atoms with van der Waals surface area (Å²) in [5.74, 6) is 0.160.